The molecule has 4 atom stereocenters. The van der Waals surface area contributed by atoms with Gasteiger partial charge in [-0.2, -0.15) is 5.26 Å². The van der Waals surface area contributed by atoms with Gasteiger partial charge in [0.2, 0.25) is 5.91 Å². The van der Waals surface area contributed by atoms with Crippen molar-refractivity contribution >= 4 is 40.8 Å². The van der Waals surface area contributed by atoms with E-state index in [0.29, 0.717) is 6.42 Å². The fourth-order valence-corrected chi connectivity index (χ4v) is 6.12. The Hall–Kier alpha value is -3.62. The number of nitrogens with zero attached hydrogens (tertiary/aromatic N) is 2. The van der Waals surface area contributed by atoms with Crippen LogP contribution in [0.2, 0.25) is 10.0 Å². The summed E-state index contributed by atoms with van der Waals surface area (Å²) in [7, 11) is 0. The molecule has 8 nitrogen and oxygen atoms in total. The zero-order valence-electron chi connectivity index (χ0n) is 25.5. The maximum atomic E-state index is 15.8. The number of benzene rings is 2. The van der Waals surface area contributed by atoms with Gasteiger partial charge in [0.05, 0.1) is 34.8 Å². The molecule has 3 aromatic rings. The summed E-state index contributed by atoms with van der Waals surface area (Å²) in [6, 6.07) is 11.4. The van der Waals surface area contributed by atoms with Crippen LogP contribution in [-0.2, 0) is 10.2 Å². The number of hydrogen-bond acceptors (Lipinski definition) is 6. The molecule has 1 aliphatic heterocycles. The Kier molecular flexibility index (Phi) is 9.90. The first-order chi connectivity index (χ1) is 21.0. The third-order valence-corrected chi connectivity index (χ3v) is 8.38. The van der Waals surface area contributed by atoms with E-state index in [1.165, 1.54) is 48.7 Å². The van der Waals surface area contributed by atoms with Crippen molar-refractivity contribution in [3.63, 3.8) is 0 Å². The predicted octanol–water partition coefficient (Wildman–Crippen LogP) is 6.13. The van der Waals surface area contributed by atoms with Crippen molar-refractivity contribution in [2.45, 2.75) is 70.0 Å². The Morgan fingerprint density at radius 2 is 1.82 bits per heavy atom. The molecule has 4 N–H and O–H groups in total. The normalized spacial score (nSPS) is 21.7. The van der Waals surface area contributed by atoms with Gasteiger partial charge < -0.3 is 21.1 Å². The third kappa shape index (κ3) is 7.12. The number of amides is 2. The van der Waals surface area contributed by atoms with Crippen LogP contribution in [-0.4, -0.2) is 46.1 Å². The van der Waals surface area contributed by atoms with Crippen molar-refractivity contribution in [1.29, 1.82) is 5.26 Å². The number of nitrogens with one attached hydrogen (secondary N) is 3. The summed E-state index contributed by atoms with van der Waals surface area (Å²) in [5.41, 5.74) is -2.90. The molecule has 1 aromatic heterocycles. The summed E-state index contributed by atoms with van der Waals surface area (Å²) in [6.45, 7) is 8.88. The van der Waals surface area contributed by atoms with Crippen molar-refractivity contribution in [1.82, 2.24) is 15.6 Å². The van der Waals surface area contributed by atoms with E-state index in [1.807, 2.05) is 20.8 Å². The smallest absolute Gasteiger partial charge is 0.253 e. The van der Waals surface area contributed by atoms with Crippen LogP contribution in [0.4, 0.5) is 14.6 Å². The maximum Gasteiger partial charge on any atom is 0.253 e. The van der Waals surface area contributed by atoms with E-state index < -0.39 is 57.8 Å². The van der Waals surface area contributed by atoms with Crippen LogP contribution in [0.1, 0.15) is 68.4 Å². The molecule has 0 radical (unpaired) electrons. The number of hydrogen-bond donors (Lipinski definition) is 4. The SMILES string of the molecule is CC(C)(C)C[C@@H]1N[C@@H](C(=O)Nc2ccc(C(=O)NC(C)(C)CO)cn2)[C@H](c2cccc(Cl)c2F)[C@@]1(C#N)c1ccc(Cl)cc1F. The molecule has 0 bridgehead atoms. The first kappa shape index (κ1) is 34.3. The molecule has 45 heavy (non-hydrogen) atoms. The Balaban J connectivity index is 1.81. The van der Waals surface area contributed by atoms with Crippen molar-refractivity contribution in [3.05, 3.63) is 93.1 Å². The van der Waals surface area contributed by atoms with Crippen LogP contribution < -0.4 is 16.0 Å². The summed E-state index contributed by atoms with van der Waals surface area (Å²) < 4.78 is 31.6. The Morgan fingerprint density at radius 3 is 2.40 bits per heavy atom. The van der Waals surface area contributed by atoms with Crippen LogP contribution in [0.25, 0.3) is 0 Å². The van der Waals surface area contributed by atoms with E-state index in [4.69, 9.17) is 23.2 Å². The number of pyridine rings is 1. The highest BCUT2D eigenvalue weighted by Crippen LogP contribution is 2.52. The minimum absolute atomic E-state index is 0.0323. The molecule has 12 heteroatoms. The van der Waals surface area contributed by atoms with Crippen molar-refractivity contribution in [2.24, 2.45) is 5.41 Å². The lowest BCUT2D eigenvalue weighted by Gasteiger charge is -2.37. The number of anilines is 1. The van der Waals surface area contributed by atoms with Gasteiger partial charge in [-0.05, 0) is 61.6 Å². The lowest BCUT2D eigenvalue weighted by Crippen LogP contribution is -2.46. The van der Waals surface area contributed by atoms with Crippen molar-refractivity contribution < 1.29 is 23.5 Å². The minimum atomic E-state index is -1.77. The highest BCUT2D eigenvalue weighted by atomic mass is 35.5. The number of aliphatic hydroxyl groups excluding tert-OH is 1. The van der Waals surface area contributed by atoms with Crippen LogP contribution in [0.5, 0.6) is 0 Å². The predicted molar refractivity (Wildman–Crippen MR) is 169 cm³/mol. The van der Waals surface area contributed by atoms with Gasteiger partial charge in [-0.3, -0.25) is 9.59 Å². The zero-order valence-corrected chi connectivity index (χ0v) is 27.0. The lowest BCUT2D eigenvalue weighted by atomic mass is 9.62. The number of halogens is 4. The summed E-state index contributed by atoms with van der Waals surface area (Å²) in [5.74, 6) is -3.87. The standard InChI is InChI=1S/C33H35Cl2F2N5O3/c1-31(2,3)14-24-33(16-38,21-11-10-19(34)13-23(21)36)26(20-7-6-8-22(35)27(20)37)28(40-24)30(45)41-25-12-9-18(15-39-25)29(44)42-32(4,5)17-43/h6-13,15,24,26,28,40,43H,14,17H2,1-5H3,(H,42,44)(H,39,41,45)/t24-,26-,28+,33-/m0/s1. The van der Waals surface area contributed by atoms with Gasteiger partial charge in [0.15, 0.2) is 0 Å². The van der Waals surface area contributed by atoms with Gasteiger partial charge >= 0.3 is 0 Å². The molecular formula is C33H35Cl2F2N5O3. The molecule has 4 rings (SSSR count). The quantitative estimate of drug-likeness (QED) is 0.231. The number of rotatable bonds is 8. The summed E-state index contributed by atoms with van der Waals surface area (Å²) in [4.78, 5) is 30.8. The fourth-order valence-electron chi connectivity index (χ4n) is 5.78. The fraction of sp³-hybridized carbons (Fsp3) is 0.394. The number of nitriles is 1. The van der Waals surface area contributed by atoms with E-state index >= 15 is 8.78 Å². The van der Waals surface area contributed by atoms with Crippen LogP contribution in [0.3, 0.4) is 0 Å². The Morgan fingerprint density at radius 1 is 1.11 bits per heavy atom. The number of aromatic nitrogens is 1. The monoisotopic (exact) mass is 657 g/mol. The highest BCUT2D eigenvalue weighted by molar-refractivity contribution is 6.31. The van der Waals surface area contributed by atoms with E-state index in [2.05, 4.69) is 27.0 Å². The molecule has 0 spiro atoms. The average molecular weight is 659 g/mol. The van der Waals surface area contributed by atoms with Gasteiger partial charge in [-0.25, -0.2) is 13.8 Å². The maximum absolute atomic E-state index is 15.8. The van der Waals surface area contributed by atoms with Crippen LogP contribution >= 0.6 is 23.2 Å². The number of carbonyl (C=O) groups is 2. The highest BCUT2D eigenvalue weighted by Gasteiger charge is 2.61. The second kappa shape index (κ2) is 13.0. The molecule has 2 aromatic carbocycles. The summed E-state index contributed by atoms with van der Waals surface area (Å²) >= 11 is 12.3. The summed E-state index contributed by atoms with van der Waals surface area (Å²) in [5, 5.41) is 28.9. The van der Waals surface area contributed by atoms with Crippen LogP contribution in [0.15, 0.2) is 54.7 Å². The van der Waals surface area contributed by atoms with Gasteiger partial charge in [0.25, 0.3) is 5.91 Å². The molecule has 1 saturated heterocycles. The Bertz CT molecular complexity index is 1640. The van der Waals surface area contributed by atoms with Crippen molar-refractivity contribution in [2.75, 3.05) is 11.9 Å². The largest absolute Gasteiger partial charge is 0.394 e. The molecule has 238 valence electrons. The number of aliphatic hydroxyl groups is 1. The molecular weight excluding hydrogens is 623 g/mol. The topological polar surface area (TPSA) is 127 Å². The third-order valence-electron chi connectivity index (χ3n) is 7.86. The van der Waals surface area contributed by atoms with Crippen molar-refractivity contribution in [3.8, 4) is 6.07 Å². The van der Waals surface area contributed by atoms with E-state index in [0.717, 1.165) is 6.07 Å². The molecule has 2 amide bonds. The molecule has 0 aliphatic carbocycles. The first-order valence-corrected chi connectivity index (χ1v) is 15.1. The second-order valence-electron chi connectivity index (χ2n) is 13.1. The summed E-state index contributed by atoms with van der Waals surface area (Å²) in [6.07, 6.45) is 1.58. The average Bonchev–Trinajstić information content (AvgIpc) is 3.27. The first-order valence-electron chi connectivity index (χ1n) is 14.3. The molecule has 1 fully saturated rings. The lowest BCUT2D eigenvalue weighted by molar-refractivity contribution is -0.118. The molecule has 2 heterocycles. The van der Waals surface area contributed by atoms with Gasteiger partial charge in [0, 0.05) is 28.7 Å². The van der Waals surface area contributed by atoms with Gasteiger partial charge in [-0.15, -0.1) is 0 Å². The van der Waals surface area contributed by atoms with Gasteiger partial charge in [0.1, 0.15) is 22.9 Å². The minimum Gasteiger partial charge on any atom is -0.394 e. The Labute approximate surface area is 271 Å². The van der Waals surface area contributed by atoms with Gasteiger partial charge in [-0.1, -0.05) is 62.2 Å². The number of carbonyl (C=O) groups excluding carboxylic acids is 2. The molecule has 0 unspecified atom stereocenters. The second-order valence-corrected chi connectivity index (χ2v) is 13.9. The molecule has 0 saturated carbocycles. The van der Waals surface area contributed by atoms with E-state index in [-0.39, 0.29) is 39.2 Å². The molecule has 1 aliphatic rings. The van der Waals surface area contributed by atoms with E-state index in [9.17, 15) is 20.0 Å². The van der Waals surface area contributed by atoms with Crippen LogP contribution in [0, 0.1) is 28.4 Å². The zero-order chi connectivity index (χ0) is 33.3. The van der Waals surface area contributed by atoms with E-state index in [1.54, 1.807) is 13.8 Å².